The van der Waals surface area contributed by atoms with Crippen LogP contribution >= 0.6 is 0 Å². The molecule has 2 aromatic rings. The Hall–Kier alpha value is -2.78. The number of carbonyl (C=O) groups is 2. The molecule has 1 aliphatic heterocycles. The number of piperidine rings is 1. The zero-order valence-corrected chi connectivity index (χ0v) is 16.5. The number of amides is 2. The predicted molar refractivity (Wildman–Crippen MR) is 107 cm³/mol. The Balaban J connectivity index is 1.56. The third-order valence-electron chi connectivity index (χ3n) is 4.90. The van der Waals surface area contributed by atoms with Gasteiger partial charge in [-0.05, 0) is 48.7 Å². The molecule has 2 amide bonds. The van der Waals surface area contributed by atoms with Gasteiger partial charge in [-0.25, -0.2) is 17.1 Å². The van der Waals surface area contributed by atoms with Crippen molar-refractivity contribution in [2.45, 2.75) is 18.6 Å². The molecule has 9 heteroatoms. The molecule has 1 saturated heterocycles. The molecule has 0 unspecified atom stereocenters. The molecule has 7 nitrogen and oxygen atoms in total. The van der Waals surface area contributed by atoms with Crippen LogP contribution < -0.4 is 11.1 Å². The number of rotatable bonds is 6. The van der Waals surface area contributed by atoms with Crippen LogP contribution in [0.4, 0.5) is 10.1 Å². The van der Waals surface area contributed by atoms with E-state index in [1.807, 2.05) is 0 Å². The quantitative estimate of drug-likeness (QED) is 0.747. The molecule has 3 N–H and O–H groups in total. The maximum atomic E-state index is 13.0. The molecule has 3 rings (SSSR count). The van der Waals surface area contributed by atoms with E-state index < -0.39 is 21.7 Å². The van der Waals surface area contributed by atoms with Gasteiger partial charge in [0.2, 0.25) is 21.8 Å². The molecule has 154 valence electrons. The molecule has 1 heterocycles. The molecular weight excluding hydrogens is 397 g/mol. The topological polar surface area (TPSA) is 110 Å². The molecule has 0 aliphatic carbocycles. The summed E-state index contributed by atoms with van der Waals surface area (Å²) in [5.41, 5.74) is 6.52. The van der Waals surface area contributed by atoms with Crippen molar-refractivity contribution in [2.24, 2.45) is 11.7 Å². The highest BCUT2D eigenvalue weighted by Gasteiger charge is 2.31. The maximum absolute atomic E-state index is 13.0. The SMILES string of the molecule is NC(=O)c1cccc(NC(=O)C2CCN(S(=O)(=O)Cc3ccc(F)cc3)CC2)c1. The Labute approximate surface area is 168 Å². The van der Waals surface area contributed by atoms with Crippen molar-refractivity contribution in [1.29, 1.82) is 0 Å². The van der Waals surface area contributed by atoms with Crippen LogP contribution in [0.3, 0.4) is 0 Å². The molecule has 0 bridgehead atoms. The second kappa shape index (κ2) is 8.71. The van der Waals surface area contributed by atoms with E-state index in [9.17, 15) is 22.4 Å². The third kappa shape index (κ3) is 5.39. The first-order chi connectivity index (χ1) is 13.7. The van der Waals surface area contributed by atoms with Crippen LogP contribution in [0, 0.1) is 11.7 Å². The number of hydrogen-bond donors (Lipinski definition) is 2. The molecule has 0 atom stereocenters. The number of carbonyl (C=O) groups excluding carboxylic acids is 2. The molecule has 0 aromatic heterocycles. The number of nitrogens with two attached hydrogens (primary N) is 1. The Kier molecular flexibility index (Phi) is 6.29. The van der Waals surface area contributed by atoms with E-state index in [1.54, 1.807) is 18.2 Å². The molecule has 0 radical (unpaired) electrons. The summed E-state index contributed by atoms with van der Waals surface area (Å²) in [6.45, 7) is 0.478. The van der Waals surface area contributed by atoms with Crippen LogP contribution in [-0.4, -0.2) is 37.6 Å². The molecule has 2 aromatic carbocycles. The molecule has 1 fully saturated rings. The van der Waals surface area contributed by atoms with Crippen LogP contribution in [0.5, 0.6) is 0 Å². The number of anilines is 1. The van der Waals surface area contributed by atoms with Gasteiger partial charge in [-0.1, -0.05) is 18.2 Å². The van der Waals surface area contributed by atoms with Crippen molar-refractivity contribution in [2.75, 3.05) is 18.4 Å². The largest absolute Gasteiger partial charge is 0.366 e. The minimum absolute atomic E-state index is 0.204. The van der Waals surface area contributed by atoms with Gasteiger partial charge >= 0.3 is 0 Å². The van der Waals surface area contributed by atoms with E-state index in [1.165, 1.54) is 34.6 Å². The normalized spacial score (nSPS) is 15.8. The Morgan fingerprint density at radius 3 is 2.38 bits per heavy atom. The van der Waals surface area contributed by atoms with Gasteiger partial charge in [0.05, 0.1) is 5.75 Å². The monoisotopic (exact) mass is 419 g/mol. The van der Waals surface area contributed by atoms with Gasteiger partial charge in [-0.2, -0.15) is 0 Å². The lowest BCUT2D eigenvalue weighted by atomic mass is 9.97. The van der Waals surface area contributed by atoms with Gasteiger partial charge in [0, 0.05) is 30.3 Å². The van der Waals surface area contributed by atoms with Crippen LogP contribution in [0.1, 0.15) is 28.8 Å². The minimum atomic E-state index is -3.54. The number of benzene rings is 2. The van der Waals surface area contributed by atoms with Crippen LogP contribution in [0.2, 0.25) is 0 Å². The number of halogens is 1. The molecule has 0 saturated carbocycles. The van der Waals surface area contributed by atoms with E-state index >= 15 is 0 Å². The Bertz CT molecular complexity index is 1000. The van der Waals surface area contributed by atoms with Gasteiger partial charge in [0.25, 0.3) is 0 Å². The first-order valence-corrected chi connectivity index (χ1v) is 10.8. The van der Waals surface area contributed by atoms with Crippen molar-refractivity contribution >= 4 is 27.5 Å². The second-order valence-electron chi connectivity index (χ2n) is 6.99. The van der Waals surface area contributed by atoms with E-state index in [0.717, 1.165) is 0 Å². The Morgan fingerprint density at radius 1 is 1.10 bits per heavy atom. The average molecular weight is 419 g/mol. The zero-order chi connectivity index (χ0) is 21.0. The molecule has 29 heavy (non-hydrogen) atoms. The van der Waals surface area contributed by atoms with Gasteiger partial charge < -0.3 is 11.1 Å². The summed E-state index contributed by atoms with van der Waals surface area (Å²) < 4.78 is 39.6. The number of nitrogens with one attached hydrogen (secondary N) is 1. The summed E-state index contributed by atoms with van der Waals surface area (Å²) in [5, 5.41) is 2.76. The minimum Gasteiger partial charge on any atom is -0.366 e. The summed E-state index contributed by atoms with van der Waals surface area (Å²) in [6.07, 6.45) is 0.786. The summed E-state index contributed by atoms with van der Waals surface area (Å²) in [4.78, 5) is 23.7. The van der Waals surface area contributed by atoms with Crippen molar-refractivity contribution in [1.82, 2.24) is 4.31 Å². The molecule has 0 spiro atoms. The highest BCUT2D eigenvalue weighted by Crippen LogP contribution is 2.23. The Morgan fingerprint density at radius 2 is 1.76 bits per heavy atom. The summed E-state index contributed by atoms with van der Waals surface area (Å²) in [5.74, 6) is -1.75. The van der Waals surface area contributed by atoms with Gasteiger partial charge in [-0.3, -0.25) is 9.59 Å². The lowest BCUT2D eigenvalue weighted by molar-refractivity contribution is -0.120. The van der Waals surface area contributed by atoms with E-state index in [-0.39, 0.29) is 30.7 Å². The van der Waals surface area contributed by atoms with Crippen molar-refractivity contribution in [3.8, 4) is 0 Å². The van der Waals surface area contributed by atoms with E-state index in [4.69, 9.17) is 5.73 Å². The fourth-order valence-corrected chi connectivity index (χ4v) is 4.84. The first kappa shape index (κ1) is 20.9. The highest BCUT2D eigenvalue weighted by atomic mass is 32.2. The molecular formula is C20H22FN3O4S. The number of hydrogen-bond acceptors (Lipinski definition) is 4. The lowest BCUT2D eigenvalue weighted by Gasteiger charge is -2.30. The van der Waals surface area contributed by atoms with Crippen LogP contribution in [-0.2, 0) is 20.6 Å². The summed E-state index contributed by atoms with van der Waals surface area (Å²) in [7, 11) is -3.54. The number of sulfonamides is 1. The van der Waals surface area contributed by atoms with Gasteiger partial charge in [-0.15, -0.1) is 0 Å². The predicted octanol–water partition coefficient (Wildman–Crippen LogP) is 2.11. The van der Waals surface area contributed by atoms with E-state index in [0.29, 0.717) is 29.7 Å². The fraction of sp³-hybridized carbons (Fsp3) is 0.300. The second-order valence-corrected chi connectivity index (χ2v) is 8.96. The maximum Gasteiger partial charge on any atom is 0.248 e. The van der Waals surface area contributed by atoms with Crippen LogP contribution in [0.25, 0.3) is 0 Å². The highest BCUT2D eigenvalue weighted by molar-refractivity contribution is 7.88. The van der Waals surface area contributed by atoms with Gasteiger partial charge in [0.15, 0.2) is 0 Å². The smallest absolute Gasteiger partial charge is 0.248 e. The third-order valence-corrected chi connectivity index (χ3v) is 6.75. The molecule has 1 aliphatic rings. The van der Waals surface area contributed by atoms with E-state index in [2.05, 4.69) is 5.32 Å². The number of primary amides is 1. The fourth-order valence-electron chi connectivity index (χ4n) is 3.27. The number of nitrogens with zero attached hydrogens (tertiary/aromatic N) is 1. The van der Waals surface area contributed by atoms with Crippen molar-refractivity contribution < 1.29 is 22.4 Å². The first-order valence-electron chi connectivity index (χ1n) is 9.17. The summed E-state index contributed by atoms with van der Waals surface area (Å²) in [6, 6.07) is 11.7. The zero-order valence-electron chi connectivity index (χ0n) is 15.7. The average Bonchev–Trinajstić information content (AvgIpc) is 2.70. The van der Waals surface area contributed by atoms with Crippen LogP contribution in [0.15, 0.2) is 48.5 Å². The summed E-state index contributed by atoms with van der Waals surface area (Å²) >= 11 is 0. The standard InChI is InChI=1S/C20H22FN3O4S/c21-17-6-4-14(5-7-17)13-29(27,28)24-10-8-15(9-11-24)20(26)23-18-3-1-2-16(12-18)19(22)25/h1-7,12,15H,8-11,13H2,(H2,22,25)(H,23,26). The van der Waals surface area contributed by atoms with Crippen molar-refractivity contribution in [3.05, 3.63) is 65.5 Å². The lowest BCUT2D eigenvalue weighted by Crippen LogP contribution is -2.41. The van der Waals surface area contributed by atoms with Gasteiger partial charge in [0.1, 0.15) is 5.82 Å². The van der Waals surface area contributed by atoms with Crippen molar-refractivity contribution in [3.63, 3.8) is 0 Å².